The smallest absolute Gasteiger partial charge is 0.234 e. The summed E-state index contributed by atoms with van der Waals surface area (Å²) in [7, 11) is 3.55. The second-order valence-corrected chi connectivity index (χ2v) is 6.66. The van der Waals surface area contributed by atoms with Crippen molar-refractivity contribution in [2.24, 2.45) is 7.05 Å². The molecule has 1 fully saturated rings. The summed E-state index contributed by atoms with van der Waals surface area (Å²) >= 11 is 1.39. The predicted octanol–water partition coefficient (Wildman–Crippen LogP) is 2.74. The summed E-state index contributed by atoms with van der Waals surface area (Å²) in [6.45, 7) is 1.98. The lowest BCUT2D eigenvalue weighted by Crippen LogP contribution is -2.15. The Morgan fingerprint density at radius 2 is 2.22 bits per heavy atom. The van der Waals surface area contributed by atoms with Crippen molar-refractivity contribution in [1.29, 1.82) is 0 Å². The SMILES string of the molecule is COc1ccc(C)cc1NC(=O)CSc1nnc(C2CC2)n1C. The Balaban J connectivity index is 1.60. The van der Waals surface area contributed by atoms with E-state index in [9.17, 15) is 4.79 Å². The molecule has 3 rings (SSSR count). The van der Waals surface area contributed by atoms with Crippen LogP contribution in [0.4, 0.5) is 5.69 Å². The second-order valence-electron chi connectivity index (χ2n) is 5.71. The third-order valence-electron chi connectivity index (χ3n) is 3.77. The van der Waals surface area contributed by atoms with E-state index in [1.165, 1.54) is 24.6 Å². The zero-order chi connectivity index (χ0) is 16.4. The van der Waals surface area contributed by atoms with Crippen LogP contribution in [0.5, 0.6) is 5.75 Å². The largest absolute Gasteiger partial charge is 0.495 e. The molecule has 1 amide bonds. The number of nitrogens with zero attached hydrogens (tertiary/aromatic N) is 3. The first-order valence-corrected chi connectivity index (χ1v) is 8.53. The van der Waals surface area contributed by atoms with E-state index in [-0.39, 0.29) is 11.7 Å². The molecule has 1 aromatic heterocycles. The number of benzene rings is 1. The van der Waals surface area contributed by atoms with Crippen molar-refractivity contribution in [2.75, 3.05) is 18.2 Å². The highest BCUT2D eigenvalue weighted by atomic mass is 32.2. The molecule has 7 heteroatoms. The van der Waals surface area contributed by atoms with Gasteiger partial charge in [-0.05, 0) is 37.5 Å². The first kappa shape index (κ1) is 15.9. The van der Waals surface area contributed by atoms with Gasteiger partial charge in [-0.3, -0.25) is 4.79 Å². The van der Waals surface area contributed by atoms with Crippen LogP contribution in [0, 0.1) is 6.92 Å². The van der Waals surface area contributed by atoms with Gasteiger partial charge in [0.1, 0.15) is 11.6 Å². The van der Waals surface area contributed by atoms with E-state index in [1.807, 2.05) is 36.7 Å². The van der Waals surface area contributed by atoms with Crippen molar-refractivity contribution in [3.05, 3.63) is 29.6 Å². The summed E-state index contributed by atoms with van der Waals surface area (Å²) in [5.74, 6) is 2.42. The molecule has 1 aromatic carbocycles. The first-order valence-electron chi connectivity index (χ1n) is 7.55. The van der Waals surface area contributed by atoms with Gasteiger partial charge in [0.2, 0.25) is 5.91 Å². The topological polar surface area (TPSA) is 69.0 Å². The Labute approximate surface area is 139 Å². The lowest BCUT2D eigenvalue weighted by atomic mass is 10.2. The minimum Gasteiger partial charge on any atom is -0.495 e. The lowest BCUT2D eigenvalue weighted by Gasteiger charge is -2.10. The maximum atomic E-state index is 12.2. The van der Waals surface area contributed by atoms with E-state index in [0.717, 1.165) is 16.5 Å². The number of methoxy groups -OCH3 is 1. The molecular formula is C16H20N4O2S. The van der Waals surface area contributed by atoms with E-state index in [4.69, 9.17) is 4.74 Å². The molecule has 23 heavy (non-hydrogen) atoms. The number of aromatic nitrogens is 3. The third kappa shape index (κ3) is 3.67. The molecule has 0 bridgehead atoms. The minimum absolute atomic E-state index is 0.0881. The van der Waals surface area contributed by atoms with E-state index in [0.29, 0.717) is 17.4 Å². The molecule has 0 saturated heterocycles. The van der Waals surface area contributed by atoms with Crippen LogP contribution < -0.4 is 10.1 Å². The summed E-state index contributed by atoms with van der Waals surface area (Å²) in [5, 5.41) is 12.1. The monoisotopic (exact) mass is 332 g/mol. The summed E-state index contributed by atoms with van der Waals surface area (Å²) in [6.07, 6.45) is 2.37. The average molecular weight is 332 g/mol. The van der Waals surface area contributed by atoms with Crippen LogP contribution in [-0.2, 0) is 11.8 Å². The van der Waals surface area contributed by atoms with E-state index < -0.39 is 0 Å². The number of ether oxygens (including phenoxy) is 1. The van der Waals surface area contributed by atoms with Crippen LogP contribution in [0.2, 0.25) is 0 Å². The fraction of sp³-hybridized carbons (Fsp3) is 0.438. The highest BCUT2D eigenvalue weighted by Gasteiger charge is 2.29. The molecule has 0 spiro atoms. The Morgan fingerprint density at radius 1 is 1.43 bits per heavy atom. The zero-order valence-electron chi connectivity index (χ0n) is 13.5. The quantitative estimate of drug-likeness (QED) is 0.824. The Bertz CT molecular complexity index is 725. The minimum atomic E-state index is -0.0881. The summed E-state index contributed by atoms with van der Waals surface area (Å²) in [6, 6.07) is 5.69. The lowest BCUT2D eigenvalue weighted by molar-refractivity contribution is -0.113. The van der Waals surface area contributed by atoms with E-state index >= 15 is 0 Å². The van der Waals surface area contributed by atoms with Gasteiger partial charge in [-0.1, -0.05) is 17.8 Å². The molecule has 0 aliphatic heterocycles. The molecule has 1 heterocycles. The molecule has 1 aliphatic carbocycles. The van der Waals surface area contributed by atoms with Crippen molar-refractivity contribution in [2.45, 2.75) is 30.8 Å². The van der Waals surface area contributed by atoms with E-state index in [2.05, 4.69) is 15.5 Å². The van der Waals surface area contributed by atoms with Crippen molar-refractivity contribution >= 4 is 23.4 Å². The second kappa shape index (κ2) is 6.62. The van der Waals surface area contributed by atoms with Crippen molar-refractivity contribution < 1.29 is 9.53 Å². The number of aryl methyl sites for hydroxylation is 1. The zero-order valence-corrected chi connectivity index (χ0v) is 14.3. The molecule has 1 saturated carbocycles. The van der Waals surface area contributed by atoms with Gasteiger partial charge in [-0.25, -0.2) is 0 Å². The van der Waals surface area contributed by atoms with Gasteiger partial charge in [-0.15, -0.1) is 10.2 Å². The number of thioether (sulfide) groups is 1. The first-order chi connectivity index (χ1) is 11.1. The number of hydrogen-bond donors (Lipinski definition) is 1. The van der Waals surface area contributed by atoms with Crippen LogP contribution in [0.1, 0.15) is 30.1 Å². The van der Waals surface area contributed by atoms with Crippen LogP contribution in [0.25, 0.3) is 0 Å². The fourth-order valence-corrected chi connectivity index (χ4v) is 3.10. The van der Waals surface area contributed by atoms with Gasteiger partial charge >= 0.3 is 0 Å². The highest BCUT2D eigenvalue weighted by Crippen LogP contribution is 2.39. The molecule has 1 N–H and O–H groups in total. The van der Waals surface area contributed by atoms with Crippen molar-refractivity contribution in [1.82, 2.24) is 14.8 Å². The number of anilines is 1. The molecule has 2 aromatic rings. The number of rotatable bonds is 6. The normalized spacial score (nSPS) is 13.9. The molecule has 6 nitrogen and oxygen atoms in total. The number of amides is 1. The Hall–Kier alpha value is -2.02. The fourth-order valence-electron chi connectivity index (χ4n) is 2.38. The summed E-state index contributed by atoms with van der Waals surface area (Å²) in [4.78, 5) is 12.2. The molecule has 0 atom stereocenters. The molecule has 122 valence electrons. The number of carbonyl (C=O) groups is 1. The van der Waals surface area contributed by atoms with E-state index in [1.54, 1.807) is 7.11 Å². The summed E-state index contributed by atoms with van der Waals surface area (Å²) in [5.41, 5.74) is 1.76. The third-order valence-corrected chi connectivity index (χ3v) is 4.79. The standard InChI is InChI=1S/C16H20N4O2S/c1-10-4-7-13(22-3)12(8-10)17-14(21)9-23-16-19-18-15(20(16)2)11-5-6-11/h4,7-8,11H,5-6,9H2,1-3H3,(H,17,21). The van der Waals surface area contributed by atoms with Crippen molar-refractivity contribution in [3.8, 4) is 5.75 Å². The van der Waals surface area contributed by atoms with Gasteiger partial charge in [0.25, 0.3) is 0 Å². The Kier molecular flexibility index (Phi) is 4.56. The number of nitrogens with one attached hydrogen (secondary N) is 1. The average Bonchev–Trinajstić information content (AvgIpc) is 3.29. The van der Waals surface area contributed by atoms with Crippen LogP contribution in [0.3, 0.4) is 0 Å². The van der Waals surface area contributed by atoms with Gasteiger partial charge in [0, 0.05) is 13.0 Å². The molecule has 1 aliphatic rings. The number of carbonyl (C=O) groups excluding carboxylic acids is 1. The van der Waals surface area contributed by atoms with Gasteiger partial charge in [-0.2, -0.15) is 0 Å². The van der Waals surface area contributed by atoms with Gasteiger partial charge in [0.05, 0.1) is 18.6 Å². The molecule has 0 radical (unpaired) electrons. The maximum Gasteiger partial charge on any atom is 0.234 e. The molecule has 0 unspecified atom stereocenters. The van der Waals surface area contributed by atoms with Gasteiger partial charge in [0.15, 0.2) is 5.16 Å². The predicted molar refractivity (Wildman–Crippen MR) is 90.1 cm³/mol. The number of hydrogen-bond acceptors (Lipinski definition) is 5. The van der Waals surface area contributed by atoms with Crippen molar-refractivity contribution in [3.63, 3.8) is 0 Å². The maximum absolute atomic E-state index is 12.2. The van der Waals surface area contributed by atoms with Gasteiger partial charge < -0.3 is 14.6 Å². The van der Waals surface area contributed by atoms with Crippen LogP contribution >= 0.6 is 11.8 Å². The summed E-state index contributed by atoms with van der Waals surface area (Å²) < 4.78 is 7.26. The van der Waals surface area contributed by atoms with Crippen LogP contribution in [-0.4, -0.2) is 33.5 Å². The highest BCUT2D eigenvalue weighted by molar-refractivity contribution is 7.99. The Morgan fingerprint density at radius 3 is 2.91 bits per heavy atom. The van der Waals surface area contributed by atoms with Crippen LogP contribution in [0.15, 0.2) is 23.4 Å². The molecular weight excluding hydrogens is 312 g/mol.